The fourth-order valence-corrected chi connectivity index (χ4v) is 5.25. The number of nitrogens with zero attached hydrogens (tertiary/aromatic N) is 2. The molecule has 2 aliphatic rings. The number of quaternary nitrogens is 1. The topological polar surface area (TPSA) is 113 Å². The molecule has 1 aromatic rings. The number of amides is 5. The van der Waals surface area contributed by atoms with Crippen LogP contribution in [0.1, 0.15) is 57.4 Å². The van der Waals surface area contributed by atoms with Gasteiger partial charge in [-0.25, -0.2) is 24.8 Å². The Morgan fingerprint density at radius 1 is 1.18 bits per heavy atom. The SMILES string of the molecule is C[C@@H]1CCC[N+]1(C(=O)NC(=O)OCc1ccccc1)C(=O)[C@H](CC1CCCC1)CN(O)C=O. The minimum absolute atomic E-state index is 0.00651. The lowest BCUT2D eigenvalue weighted by Crippen LogP contribution is -2.65. The lowest BCUT2D eigenvalue weighted by molar-refractivity contribution is -0.786. The Hall–Kier alpha value is -2.78. The van der Waals surface area contributed by atoms with Gasteiger partial charge in [-0.3, -0.25) is 10.0 Å². The summed E-state index contributed by atoms with van der Waals surface area (Å²) in [5.41, 5.74) is 0.781. The summed E-state index contributed by atoms with van der Waals surface area (Å²) in [5, 5.41) is 12.6. The average molecular weight is 461 g/mol. The van der Waals surface area contributed by atoms with Crippen LogP contribution in [0, 0.1) is 11.8 Å². The van der Waals surface area contributed by atoms with E-state index in [2.05, 4.69) is 5.32 Å². The third-order valence-corrected chi connectivity index (χ3v) is 7.03. The standard InChI is InChI=1S/C24H33N3O6/c1-18-8-7-13-27(18,23(30)25-24(31)33-16-20-11-3-2-4-12-20)22(29)21(15-26(32)17-28)14-19-9-5-6-10-19/h2-4,11-12,17-19,21,32H,5-10,13-16H2,1H3/p+1/t18-,21-,27?/m1/s1. The van der Waals surface area contributed by atoms with Gasteiger partial charge in [-0.15, -0.1) is 0 Å². The van der Waals surface area contributed by atoms with Gasteiger partial charge in [0.15, 0.2) is 0 Å². The minimum atomic E-state index is -0.905. The Labute approximate surface area is 194 Å². The second-order valence-corrected chi connectivity index (χ2v) is 9.22. The quantitative estimate of drug-likeness (QED) is 0.265. The molecule has 0 aromatic heterocycles. The van der Waals surface area contributed by atoms with E-state index in [0.717, 1.165) is 31.2 Å². The van der Waals surface area contributed by atoms with Crippen molar-refractivity contribution in [2.24, 2.45) is 11.8 Å². The highest BCUT2D eigenvalue weighted by molar-refractivity contribution is 5.93. The zero-order chi connectivity index (χ0) is 23.8. The number of urea groups is 1. The predicted molar refractivity (Wildman–Crippen MR) is 119 cm³/mol. The van der Waals surface area contributed by atoms with E-state index in [-0.39, 0.29) is 38.1 Å². The van der Waals surface area contributed by atoms with Crippen molar-refractivity contribution in [1.29, 1.82) is 0 Å². The van der Waals surface area contributed by atoms with Crippen LogP contribution in [0.4, 0.5) is 9.59 Å². The molecule has 1 saturated carbocycles. The highest BCUT2D eigenvalue weighted by Gasteiger charge is 2.55. The van der Waals surface area contributed by atoms with Gasteiger partial charge in [0.25, 0.3) is 0 Å². The van der Waals surface area contributed by atoms with Crippen molar-refractivity contribution < 1.29 is 33.6 Å². The zero-order valence-corrected chi connectivity index (χ0v) is 19.2. The maximum absolute atomic E-state index is 13.8. The third-order valence-electron chi connectivity index (χ3n) is 7.03. The lowest BCUT2D eigenvalue weighted by Gasteiger charge is -2.36. The largest absolute Gasteiger partial charge is 0.444 e. The number of nitrogens with one attached hydrogen (secondary N) is 1. The number of carbonyl (C=O) groups excluding carboxylic acids is 4. The number of rotatable bonds is 8. The fraction of sp³-hybridized carbons (Fsp3) is 0.583. The molecule has 0 bridgehead atoms. The van der Waals surface area contributed by atoms with Crippen molar-refractivity contribution in [3.05, 3.63) is 35.9 Å². The second kappa shape index (κ2) is 11.4. The molecule has 9 nitrogen and oxygen atoms in total. The summed E-state index contributed by atoms with van der Waals surface area (Å²) in [6.45, 7) is 1.93. The van der Waals surface area contributed by atoms with Crippen LogP contribution in [0.3, 0.4) is 0 Å². The summed E-state index contributed by atoms with van der Waals surface area (Å²) in [5.74, 6) is -0.744. The molecule has 180 valence electrons. The first kappa shape index (κ1) is 24.9. The number of likely N-dealkylation sites (tertiary alicyclic amines) is 1. The van der Waals surface area contributed by atoms with E-state index < -0.39 is 22.5 Å². The summed E-state index contributed by atoms with van der Waals surface area (Å²) in [4.78, 5) is 50.6. The number of hydrogen-bond acceptors (Lipinski definition) is 6. The van der Waals surface area contributed by atoms with E-state index in [1.54, 1.807) is 12.1 Å². The summed E-state index contributed by atoms with van der Waals surface area (Å²) < 4.78 is 4.66. The first-order chi connectivity index (χ1) is 15.9. The van der Waals surface area contributed by atoms with Gasteiger partial charge in [0.05, 0.1) is 19.0 Å². The molecule has 1 aromatic carbocycles. The van der Waals surface area contributed by atoms with Crippen LogP contribution in [0.25, 0.3) is 0 Å². The van der Waals surface area contributed by atoms with Gasteiger partial charge >= 0.3 is 18.0 Å². The van der Waals surface area contributed by atoms with Crippen molar-refractivity contribution in [3.8, 4) is 0 Å². The maximum Gasteiger partial charge on any atom is 0.433 e. The predicted octanol–water partition coefficient (Wildman–Crippen LogP) is 3.60. The van der Waals surface area contributed by atoms with Gasteiger partial charge in [0, 0.05) is 12.8 Å². The number of benzene rings is 1. The first-order valence-corrected chi connectivity index (χ1v) is 11.7. The van der Waals surface area contributed by atoms with E-state index in [9.17, 15) is 24.4 Å². The van der Waals surface area contributed by atoms with Crippen LogP contribution < -0.4 is 5.32 Å². The van der Waals surface area contributed by atoms with Crippen molar-refractivity contribution in [3.63, 3.8) is 0 Å². The third kappa shape index (κ3) is 5.97. The molecule has 0 radical (unpaired) electrons. The maximum atomic E-state index is 13.8. The van der Waals surface area contributed by atoms with E-state index in [0.29, 0.717) is 30.2 Å². The highest BCUT2D eigenvalue weighted by atomic mass is 16.5. The molecule has 1 aliphatic heterocycles. The van der Waals surface area contributed by atoms with E-state index in [4.69, 9.17) is 4.74 Å². The zero-order valence-electron chi connectivity index (χ0n) is 19.2. The molecular weight excluding hydrogens is 426 g/mol. The van der Waals surface area contributed by atoms with Crippen LogP contribution in [0.5, 0.6) is 0 Å². The van der Waals surface area contributed by atoms with Gasteiger partial charge in [-0.1, -0.05) is 56.0 Å². The van der Waals surface area contributed by atoms with Crippen LogP contribution >= 0.6 is 0 Å². The van der Waals surface area contributed by atoms with E-state index >= 15 is 0 Å². The van der Waals surface area contributed by atoms with Gasteiger partial charge in [0.2, 0.25) is 6.41 Å². The fourth-order valence-electron chi connectivity index (χ4n) is 5.25. The molecular formula is C24H34N3O6+. The number of imide groups is 2. The molecule has 33 heavy (non-hydrogen) atoms. The van der Waals surface area contributed by atoms with Crippen molar-refractivity contribution in [2.75, 3.05) is 13.1 Å². The number of ether oxygens (including phenoxy) is 1. The second-order valence-electron chi connectivity index (χ2n) is 9.22. The van der Waals surface area contributed by atoms with Crippen LogP contribution in [0.2, 0.25) is 0 Å². The highest BCUT2D eigenvalue weighted by Crippen LogP contribution is 2.35. The number of alkyl carbamates (subject to hydrolysis) is 1. The van der Waals surface area contributed by atoms with Gasteiger partial charge in [-0.05, 0) is 24.8 Å². The normalized spacial score (nSPS) is 23.6. The molecule has 1 unspecified atom stereocenters. The minimum Gasteiger partial charge on any atom is -0.444 e. The summed E-state index contributed by atoms with van der Waals surface area (Å²) >= 11 is 0. The summed E-state index contributed by atoms with van der Waals surface area (Å²) in [7, 11) is 0. The molecule has 5 amide bonds. The Balaban J connectivity index is 1.74. The van der Waals surface area contributed by atoms with Gasteiger partial charge in [-0.2, -0.15) is 4.48 Å². The van der Waals surface area contributed by atoms with Crippen molar-refractivity contribution in [1.82, 2.24) is 10.4 Å². The molecule has 1 saturated heterocycles. The molecule has 3 atom stereocenters. The Morgan fingerprint density at radius 3 is 2.48 bits per heavy atom. The Morgan fingerprint density at radius 2 is 1.88 bits per heavy atom. The summed E-state index contributed by atoms with van der Waals surface area (Å²) in [6, 6.07) is 8.06. The van der Waals surface area contributed by atoms with Gasteiger partial charge in [0.1, 0.15) is 12.6 Å². The molecule has 0 spiro atoms. The summed E-state index contributed by atoms with van der Waals surface area (Å²) in [6.07, 6.45) is 5.34. The number of carbonyl (C=O) groups is 4. The molecule has 3 rings (SSSR count). The van der Waals surface area contributed by atoms with Gasteiger partial charge < -0.3 is 4.74 Å². The smallest absolute Gasteiger partial charge is 0.433 e. The first-order valence-electron chi connectivity index (χ1n) is 11.7. The molecule has 2 fully saturated rings. The number of hydroxylamine groups is 2. The Kier molecular flexibility index (Phi) is 8.57. The Bertz CT molecular complexity index is 842. The van der Waals surface area contributed by atoms with E-state index in [1.165, 1.54) is 0 Å². The van der Waals surface area contributed by atoms with Crippen molar-refractivity contribution in [2.45, 2.75) is 64.5 Å². The molecule has 1 heterocycles. The molecule has 1 aliphatic carbocycles. The average Bonchev–Trinajstić information content (AvgIpc) is 3.47. The molecule has 2 N–H and O–H groups in total. The van der Waals surface area contributed by atoms with Crippen LogP contribution in [0.15, 0.2) is 30.3 Å². The number of hydrogen-bond donors (Lipinski definition) is 2. The monoisotopic (exact) mass is 460 g/mol. The van der Waals surface area contributed by atoms with Crippen LogP contribution in [-0.2, 0) is 20.9 Å². The van der Waals surface area contributed by atoms with E-state index in [1.807, 2.05) is 25.1 Å². The van der Waals surface area contributed by atoms with Crippen molar-refractivity contribution >= 4 is 24.4 Å². The lowest BCUT2D eigenvalue weighted by atomic mass is 9.91. The molecule has 9 heteroatoms. The van der Waals surface area contributed by atoms with Crippen LogP contribution in [-0.4, -0.2) is 58.3 Å².